The molecule has 0 radical (unpaired) electrons. The Morgan fingerprint density at radius 3 is 1.73 bits per heavy atom. The van der Waals surface area contributed by atoms with Crippen LogP contribution in [0.2, 0.25) is 0 Å². The van der Waals surface area contributed by atoms with Gasteiger partial charge in [-0.2, -0.15) is 0 Å². The van der Waals surface area contributed by atoms with Crippen LogP contribution in [0.1, 0.15) is 47.9 Å². The molecule has 0 aromatic heterocycles. The standard InChI is InChI=1S/C28H25NS/c1-19(21-9-5-3-6-10-21)23-14-16-27-26(17-23)29-25-15-13-24(18-28(25)30-27)20(2)22-11-7-4-8-12-22/h3-20,29H,1-2H3. The summed E-state index contributed by atoms with van der Waals surface area (Å²) in [6.45, 7) is 4.56. The second kappa shape index (κ2) is 8.04. The number of rotatable bonds is 4. The fourth-order valence-electron chi connectivity index (χ4n) is 4.13. The van der Waals surface area contributed by atoms with Gasteiger partial charge in [0.25, 0.3) is 0 Å². The van der Waals surface area contributed by atoms with Gasteiger partial charge in [0.2, 0.25) is 0 Å². The van der Waals surface area contributed by atoms with Crippen molar-refractivity contribution in [3.8, 4) is 0 Å². The number of benzene rings is 4. The Morgan fingerprint density at radius 2 is 1.10 bits per heavy atom. The van der Waals surface area contributed by atoms with E-state index in [1.54, 1.807) is 0 Å². The lowest BCUT2D eigenvalue weighted by Gasteiger charge is -2.24. The van der Waals surface area contributed by atoms with Crippen LogP contribution in [0.25, 0.3) is 0 Å². The third kappa shape index (κ3) is 3.64. The van der Waals surface area contributed by atoms with Crippen molar-refractivity contribution < 1.29 is 0 Å². The molecule has 1 heterocycles. The Kier molecular flexibility index (Phi) is 5.10. The van der Waals surface area contributed by atoms with Crippen LogP contribution >= 0.6 is 11.8 Å². The zero-order chi connectivity index (χ0) is 20.5. The van der Waals surface area contributed by atoms with Gasteiger partial charge in [-0.3, -0.25) is 0 Å². The second-order valence-electron chi connectivity index (χ2n) is 8.00. The minimum Gasteiger partial charge on any atom is -0.354 e. The van der Waals surface area contributed by atoms with E-state index >= 15 is 0 Å². The Balaban J connectivity index is 1.41. The molecule has 2 heteroatoms. The average Bonchev–Trinajstić information content (AvgIpc) is 2.82. The van der Waals surface area contributed by atoms with Gasteiger partial charge >= 0.3 is 0 Å². The van der Waals surface area contributed by atoms with Crippen molar-refractivity contribution in [1.29, 1.82) is 0 Å². The number of nitrogens with one attached hydrogen (secondary N) is 1. The zero-order valence-corrected chi connectivity index (χ0v) is 18.1. The number of hydrogen-bond donors (Lipinski definition) is 1. The zero-order valence-electron chi connectivity index (χ0n) is 17.3. The van der Waals surface area contributed by atoms with E-state index in [0.29, 0.717) is 11.8 Å². The fourth-order valence-corrected chi connectivity index (χ4v) is 5.15. The van der Waals surface area contributed by atoms with Gasteiger partial charge < -0.3 is 5.32 Å². The Morgan fingerprint density at radius 1 is 0.533 bits per heavy atom. The monoisotopic (exact) mass is 407 g/mol. The van der Waals surface area contributed by atoms with Crippen molar-refractivity contribution in [2.24, 2.45) is 0 Å². The molecule has 2 atom stereocenters. The summed E-state index contributed by atoms with van der Waals surface area (Å²) in [5.74, 6) is 0.756. The lowest BCUT2D eigenvalue weighted by Crippen LogP contribution is -2.04. The Labute approximate surface area is 183 Å². The molecule has 0 spiro atoms. The summed E-state index contributed by atoms with van der Waals surface area (Å²) in [6, 6.07) is 35.1. The molecule has 1 aliphatic rings. The minimum atomic E-state index is 0.374. The van der Waals surface area contributed by atoms with Crippen LogP contribution < -0.4 is 5.32 Å². The highest BCUT2D eigenvalue weighted by Gasteiger charge is 2.19. The minimum absolute atomic E-state index is 0.374. The van der Waals surface area contributed by atoms with Crippen LogP contribution in [0.4, 0.5) is 11.4 Å². The van der Waals surface area contributed by atoms with Gasteiger partial charge in [0.15, 0.2) is 0 Å². The molecule has 1 nitrogen and oxygen atoms in total. The van der Waals surface area contributed by atoms with E-state index in [4.69, 9.17) is 0 Å². The van der Waals surface area contributed by atoms with Crippen LogP contribution in [0.5, 0.6) is 0 Å². The summed E-state index contributed by atoms with van der Waals surface area (Å²) < 4.78 is 0. The predicted octanol–water partition coefficient (Wildman–Crippen LogP) is 8.20. The lowest BCUT2D eigenvalue weighted by atomic mass is 9.92. The van der Waals surface area contributed by atoms with E-state index in [2.05, 4.69) is 116 Å². The first-order chi connectivity index (χ1) is 14.7. The van der Waals surface area contributed by atoms with Crippen molar-refractivity contribution in [1.82, 2.24) is 0 Å². The van der Waals surface area contributed by atoms with Gasteiger partial charge in [0.05, 0.1) is 11.4 Å². The van der Waals surface area contributed by atoms with Crippen molar-refractivity contribution in [3.63, 3.8) is 0 Å². The summed E-state index contributed by atoms with van der Waals surface area (Å²) in [5.41, 5.74) is 7.79. The number of anilines is 2. The molecule has 30 heavy (non-hydrogen) atoms. The summed E-state index contributed by atoms with van der Waals surface area (Å²) in [7, 11) is 0. The van der Waals surface area contributed by atoms with Gasteiger partial charge in [-0.1, -0.05) is 98.4 Å². The molecule has 2 unspecified atom stereocenters. The summed E-state index contributed by atoms with van der Waals surface area (Å²) in [4.78, 5) is 2.59. The van der Waals surface area contributed by atoms with Crippen LogP contribution in [0.3, 0.4) is 0 Å². The molecule has 5 rings (SSSR count). The van der Waals surface area contributed by atoms with Crippen molar-refractivity contribution in [2.45, 2.75) is 35.5 Å². The molecular formula is C28H25NS. The van der Waals surface area contributed by atoms with Gasteiger partial charge in [-0.15, -0.1) is 0 Å². The number of fused-ring (bicyclic) bond motifs is 2. The highest BCUT2D eigenvalue weighted by Crippen LogP contribution is 2.46. The normalized spacial score (nSPS) is 14.2. The summed E-state index contributed by atoms with van der Waals surface area (Å²) in [5, 5.41) is 3.67. The molecule has 0 bridgehead atoms. The molecule has 0 saturated carbocycles. The molecular weight excluding hydrogens is 382 g/mol. The van der Waals surface area contributed by atoms with Crippen molar-refractivity contribution in [3.05, 3.63) is 119 Å². The van der Waals surface area contributed by atoms with Crippen LogP contribution in [-0.4, -0.2) is 0 Å². The molecule has 0 aliphatic carbocycles. The van der Waals surface area contributed by atoms with E-state index < -0.39 is 0 Å². The first-order valence-electron chi connectivity index (χ1n) is 10.5. The molecule has 1 N–H and O–H groups in total. The maximum Gasteiger partial charge on any atom is 0.0529 e. The first-order valence-corrected chi connectivity index (χ1v) is 11.3. The maximum absolute atomic E-state index is 3.67. The quantitative estimate of drug-likeness (QED) is 0.322. The molecule has 0 fully saturated rings. The Bertz CT molecular complexity index is 1070. The van der Waals surface area contributed by atoms with E-state index in [1.807, 2.05) is 11.8 Å². The summed E-state index contributed by atoms with van der Waals surface area (Å²) >= 11 is 1.86. The molecule has 148 valence electrons. The molecule has 4 aromatic rings. The topological polar surface area (TPSA) is 12.0 Å². The van der Waals surface area contributed by atoms with Crippen LogP contribution in [0, 0.1) is 0 Å². The molecule has 1 aliphatic heterocycles. The highest BCUT2D eigenvalue weighted by atomic mass is 32.2. The third-order valence-corrected chi connectivity index (χ3v) is 7.23. The second-order valence-corrected chi connectivity index (χ2v) is 9.09. The SMILES string of the molecule is CC(c1ccccc1)c1ccc2c(c1)Nc1ccc(C(C)c3ccccc3)cc1S2. The number of hydrogen-bond acceptors (Lipinski definition) is 2. The molecule has 0 amide bonds. The molecule has 0 saturated heterocycles. The third-order valence-electron chi connectivity index (χ3n) is 6.10. The average molecular weight is 408 g/mol. The maximum atomic E-state index is 3.67. The van der Waals surface area contributed by atoms with E-state index in [-0.39, 0.29) is 0 Å². The predicted molar refractivity (Wildman–Crippen MR) is 128 cm³/mol. The van der Waals surface area contributed by atoms with Crippen molar-refractivity contribution >= 4 is 23.1 Å². The van der Waals surface area contributed by atoms with Gasteiger partial charge in [-0.25, -0.2) is 0 Å². The highest BCUT2D eigenvalue weighted by molar-refractivity contribution is 7.99. The van der Waals surface area contributed by atoms with Gasteiger partial charge in [0.1, 0.15) is 0 Å². The lowest BCUT2D eigenvalue weighted by molar-refractivity contribution is 0.915. The Hall–Kier alpha value is -2.97. The largest absolute Gasteiger partial charge is 0.354 e. The van der Waals surface area contributed by atoms with E-state index in [0.717, 1.165) is 0 Å². The van der Waals surface area contributed by atoms with Crippen LogP contribution in [-0.2, 0) is 0 Å². The van der Waals surface area contributed by atoms with E-state index in [9.17, 15) is 0 Å². The van der Waals surface area contributed by atoms with Crippen molar-refractivity contribution in [2.75, 3.05) is 5.32 Å². The van der Waals surface area contributed by atoms with Gasteiger partial charge in [-0.05, 0) is 46.5 Å². The van der Waals surface area contributed by atoms with Crippen LogP contribution in [0.15, 0.2) is 107 Å². The fraction of sp³-hybridized carbons (Fsp3) is 0.143. The molecule has 4 aromatic carbocycles. The summed E-state index contributed by atoms with van der Waals surface area (Å²) in [6.07, 6.45) is 0. The van der Waals surface area contributed by atoms with Gasteiger partial charge in [0, 0.05) is 21.6 Å². The van der Waals surface area contributed by atoms with E-state index in [1.165, 1.54) is 43.4 Å². The smallest absolute Gasteiger partial charge is 0.0529 e. The first kappa shape index (κ1) is 19.0.